The van der Waals surface area contributed by atoms with Crippen molar-refractivity contribution in [2.45, 2.75) is 455 Å². The predicted octanol–water partition coefficient (Wildman–Crippen LogP) is 23.1. The first-order valence-electron chi connectivity index (χ1n) is 40.4. The maximum Gasteiger partial charge on any atom is 0.220 e. The molecule has 0 aromatic rings. The van der Waals surface area contributed by atoms with Crippen molar-refractivity contribution in [1.82, 2.24) is 5.32 Å². The fourth-order valence-electron chi connectivity index (χ4n) is 13.1. The molecule has 0 aromatic carbocycles. The summed E-state index contributed by atoms with van der Waals surface area (Å²) in [5.74, 6) is -0.183. The molecule has 1 fully saturated rings. The van der Waals surface area contributed by atoms with E-state index >= 15 is 0 Å². The van der Waals surface area contributed by atoms with Crippen LogP contribution in [0.15, 0.2) is 48.6 Å². The number of aliphatic hydroxyl groups is 5. The summed E-state index contributed by atoms with van der Waals surface area (Å²) >= 11 is 0. The van der Waals surface area contributed by atoms with Crippen molar-refractivity contribution >= 4 is 5.91 Å². The number of hydrogen-bond acceptors (Lipinski definition) is 8. The van der Waals surface area contributed by atoms with Crippen LogP contribution in [0.3, 0.4) is 0 Å². The van der Waals surface area contributed by atoms with Gasteiger partial charge in [0.05, 0.1) is 25.4 Å². The lowest BCUT2D eigenvalue weighted by molar-refractivity contribution is -0.302. The van der Waals surface area contributed by atoms with Crippen molar-refractivity contribution in [3.8, 4) is 0 Å². The highest BCUT2D eigenvalue weighted by Crippen LogP contribution is 2.24. The number of allylic oxidation sites excluding steroid dienone is 7. The number of unbranched alkanes of at least 4 members (excludes halogenated alkanes) is 56. The molecule has 1 saturated heterocycles. The normalized spacial score (nSPS) is 17.9. The average Bonchev–Trinajstić information content (AvgIpc) is 1.70. The fourth-order valence-corrected chi connectivity index (χ4v) is 13.1. The molecule has 0 bridgehead atoms. The minimum absolute atomic E-state index is 0.183. The molecule has 1 aliphatic heterocycles. The van der Waals surface area contributed by atoms with Crippen LogP contribution in [0.25, 0.3) is 0 Å². The van der Waals surface area contributed by atoms with Gasteiger partial charge in [-0.3, -0.25) is 4.79 Å². The van der Waals surface area contributed by atoms with Crippen LogP contribution in [0.2, 0.25) is 0 Å². The maximum absolute atomic E-state index is 13.2. The Hall–Kier alpha value is -1.85. The molecule has 9 heteroatoms. The van der Waals surface area contributed by atoms with E-state index in [4.69, 9.17) is 9.47 Å². The number of carbonyl (C=O) groups is 1. The third-order valence-electron chi connectivity index (χ3n) is 19.4. The van der Waals surface area contributed by atoms with Gasteiger partial charge in [0.25, 0.3) is 0 Å². The van der Waals surface area contributed by atoms with Gasteiger partial charge >= 0.3 is 0 Å². The summed E-state index contributed by atoms with van der Waals surface area (Å²) in [4.78, 5) is 13.2. The van der Waals surface area contributed by atoms with E-state index in [9.17, 15) is 30.3 Å². The van der Waals surface area contributed by atoms with E-state index in [1.54, 1.807) is 6.08 Å². The van der Waals surface area contributed by atoms with E-state index in [2.05, 4.69) is 55.6 Å². The van der Waals surface area contributed by atoms with Gasteiger partial charge in [-0.05, 0) is 70.6 Å². The zero-order valence-corrected chi connectivity index (χ0v) is 60.4. The first-order valence-corrected chi connectivity index (χ1v) is 40.4. The Morgan fingerprint density at radius 1 is 0.363 bits per heavy atom. The van der Waals surface area contributed by atoms with Crippen molar-refractivity contribution < 1.29 is 39.8 Å². The van der Waals surface area contributed by atoms with E-state index < -0.39 is 49.5 Å². The molecule has 1 rings (SSSR count). The van der Waals surface area contributed by atoms with Crippen molar-refractivity contribution in [3.05, 3.63) is 48.6 Å². The van der Waals surface area contributed by atoms with E-state index in [-0.39, 0.29) is 12.5 Å². The SMILES string of the molecule is CCCCCCCCCC/C=C\CCCCCCCCCCCCCCCCCCCCCCCCCCCC(=O)NC(COC1OC(CO)C(O)C(O)C1O)C(O)/C=C/CC/C=C/CC/C=C/CCCCCCCCCCCCCCCCCCCCCCC. The standard InChI is InChI=1S/C82H155NO8/c1-3-5-7-9-11-13-15-17-19-21-23-25-27-29-31-33-35-36-37-38-39-40-42-44-46-48-50-52-54-56-58-60-62-64-66-68-70-72-78(86)83-75(74-90-82-81(89)80(88)79(87)77(73-84)91-82)76(85)71-69-67-65-63-61-59-57-55-53-51-49-47-45-43-41-34-32-30-28-26-24-22-20-18-16-14-12-10-8-6-4-2/h21,23,53,55,61,63,69,71,75-77,79-82,84-85,87-89H,3-20,22,24-52,54,56-60,62,64-68,70,72-74H2,1-2H3,(H,83,86)/b23-21-,55-53+,63-61+,71-69+. The average molecular weight is 1280 g/mol. The number of hydrogen-bond donors (Lipinski definition) is 6. The molecule has 536 valence electrons. The summed E-state index contributed by atoms with van der Waals surface area (Å²) in [5.41, 5.74) is 0. The second-order valence-corrected chi connectivity index (χ2v) is 28.2. The minimum Gasteiger partial charge on any atom is -0.394 e. The molecule has 0 aliphatic carbocycles. The van der Waals surface area contributed by atoms with Crippen LogP contribution < -0.4 is 5.32 Å². The summed E-state index contributed by atoms with van der Waals surface area (Å²) in [6.45, 7) is 3.82. The first kappa shape index (κ1) is 87.2. The topological polar surface area (TPSA) is 149 Å². The molecule has 7 atom stereocenters. The Morgan fingerprint density at radius 2 is 0.626 bits per heavy atom. The minimum atomic E-state index is -1.58. The van der Waals surface area contributed by atoms with Crippen LogP contribution in [0.1, 0.15) is 412 Å². The quantitative estimate of drug-likeness (QED) is 0.0261. The summed E-state index contributed by atoms with van der Waals surface area (Å²) in [6, 6.07) is -0.830. The van der Waals surface area contributed by atoms with E-state index in [1.165, 1.54) is 347 Å². The summed E-state index contributed by atoms with van der Waals surface area (Å²) < 4.78 is 11.3. The highest BCUT2D eigenvalue weighted by Gasteiger charge is 2.44. The maximum atomic E-state index is 13.2. The highest BCUT2D eigenvalue weighted by atomic mass is 16.7. The first-order chi connectivity index (χ1) is 44.8. The lowest BCUT2D eigenvalue weighted by Crippen LogP contribution is -2.60. The molecule has 1 amide bonds. The third kappa shape index (κ3) is 59.2. The van der Waals surface area contributed by atoms with Gasteiger partial charge in [-0.2, -0.15) is 0 Å². The molecule has 0 spiro atoms. The largest absolute Gasteiger partial charge is 0.394 e. The Bertz CT molecular complexity index is 1580. The van der Waals surface area contributed by atoms with Gasteiger partial charge in [-0.25, -0.2) is 0 Å². The Morgan fingerprint density at radius 3 is 0.923 bits per heavy atom. The summed E-state index contributed by atoms with van der Waals surface area (Å²) in [5, 5.41) is 54.9. The van der Waals surface area contributed by atoms with E-state index in [0.717, 1.165) is 44.9 Å². The van der Waals surface area contributed by atoms with Crippen LogP contribution in [0.4, 0.5) is 0 Å². The van der Waals surface area contributed by atoms with Crippen LogP contribution in [0, 0.1) is 0 Å². The van der Waals surface area contributed by atoms with Gasteiger partial charge in [0.15, 0.2) is 6.29 Å². The molecule has 0 radical (unpaired) electrons. The smallest absolute Gasteiger partial charge is 0.220 e. The Kier molecular flexibility index (Phi) is 67.9. The number of nitrogens with one attached hydrogen (secondary N) is 1. The second-order valence-electron chi connectivity index (χ2n) is 28.2. The van der Waals surface area contributed by atoms with Crippen LogP contribution in [-0.4, -0.2) is 87.5 Å². The Balaban J connectivity index is 2.08. The van der Waals surface area contributed by atoms with Crippen molar-refractivity contribution in [1.29, 1.82) is 0 Å². The number of amides is 1. The summed E-state index contributed by atoms with van der Waals surface area (Å²) in [7, 11) is 0. The van der Waals surface area contributed by atoms with Crippen LogP contribution in [-0.2, 0) is 14.3 Å². The van der Waals surface area contributed by atoms with Gasteiger partial charge in [0.1, 0.15) is 24.4 Å². The van der Waals surface area contributed by atoms with E-state index in [0.29, 0.717) is 6.42 Å². The number of rotatable bonds is 72. The van der Waals surface area contributed by atoms with Gasteiger partial charge in [-0.1, -0.05) is 383 Å². The van der Waals surface area contributed by atoms with Crippen molar-refractivity contribution in [2.75, 3.05) is 13.2 Å². The molecule has 0 aromatic heterocycles. The third-order valence-corrected chi connectivity index (χ3v) is 19.4. The highest BCUT2D eigenvalue weighted by molar-refractivity contribution is 5.76. The van der Waals surface area contributed by atoms with Crippen LogP contribution in [0.5, 0.6) is 0 Å². The lowest BCUT2D eigenvalue weighted by atomic mass is 9.99. The molecule has 9 nitrogen and oxygen atoms in total. The molecule has 6 N–H and O–H groups in total. The lowest BCUT2D eigenvalue weighted by Gasteiger charge is -2.40. The molecule has 7 unspecified atom stereocenters. The van der Waals surface area contributed by atoms with Crippen molar-refractivity contribution in [3.63, 3.8) is 0 Å². The molecular weight excluding hydrogens is 1130 g/mol. The number of ether oxygens (including phenoxy) is 2. The second kappa shape index (κ2) is 70.9. The fraction of sp³-hybridized carbons (Fsp3) is 0.890. The van der Waals surface area contributed by atoms with Gasteiger partial charge < -0.3 is 40.3 Å². The van der Waals surface area contributed by atoms with Crippen molar-refractivity contribution in [2.24, 2.45) is 0 Å². The van der Waals surface area contributed by atoms with Gasteiger partial charge in [-0.15, -0.1) is 0 Å². The number of aliphatic hydroxyl groups excluding tert-OH is 5. The predicted molar refractivity (Wildman–Crippen MR) is 392 cm³/mol. The monoisotopic (exact) mass is 1280 g/mol. The zero-order chi connectivity index (χ0) is 65.7. The molecular formula is C82H155NO8. The summed E-state index contributed by atoms with van der Waals surface area (Å²) in [6.07, 6.45) is 91.3. The molecule has 0 saturated carbocycles. The van der Waals surface area contributed by atoms with Crippen LogP contribution >= 0.6 is 0 Å². The van der Waals surface area contributed by atoms with Gasteiger partial charge in [0, 0.05) is 6.42 Å². The Labute approximate surface area is 564 Å². The number of carbonyl (C=O) groups excluding carboxylic acids is 1. The van der Waals surface area contributed by atoms with Gasteiger partial charge in [0.2, 0.25) is 5.91 Å². The molecule has 1 aliphatic rings. The molecule has 91 heavy (non-hydrogen) atoms. The zero-order valence-electron chi connectivity index (χ0n) is 60.4. The van der Waals surface area contributed by atoms with E-state index in [1.807, 2.05) is 6.08 Å². The molecule has 1 heterocycles.